The Kier molecular flexibility index (Phi) is 6.50. The fourth-order valence-corrected chi connectivity index (χ4v) is 6.76. The van der Waals surface area contributed by atoms with Crippen molar-refractivity contribution in [2.75, 3.05) is 25.2 Å². The van der Waals surface area contributed by atoms with Gasteiger partial charge in [0, 0.05) is 13.2 Å². The summed E-state index contributed by atoms with van der Waals surface area (Å²) in [7, 11) is -3.66. The van der Waals surface area contributed by atoms with Gasteiger partial charge in [0.2, 0.25) is 17.7 Å². The number of nitrogens with one attached hydrogen (secondary N) is 2. The number of ether oxygens (including phenoxy) is 1. The molecule has 0 spiro atoms. The van der Waals surface area contributed by atoms with Crippen molar-refractivity contribution in [1.82, 2.24) is 15.5 Å². The first kappa shape index (κ1) is 22.4. The molecule has 0 aromatic heterocycles. The first-order chi connectivity index (χ1) is 13.6. The van der Waals surface area contributed by atoms with Gasteiger partial charge in [0.15, 0.2) is 9.84 Å². The van der Waals surface area contributed by atoms with E-state index in [4.69, 9.17) is 4.74 Å². The molecule has 0 aromatic carbocycles. The summed E-state index contributed by atoms with van der Waals surface area (Å²) in [5.41, 5.74) is 0. The summed E-state index contributed by atoms with van der Waals surface area (Å²) in [5.74, 6) is -0.635. The van der Waals surface area contributed by atoms with Crippen molar-refractivity contribution in [3.05, 3.63) is 0 Å². The van der Waals surface area contributed by atoms with Gasteiger partial charge in [-0.2, -0.15) is 11.8 Å². The maximum atomic E-state index is 13.0. The highest BCUT2D eigenvalue weighted by Gasteiger charge is 2.67. The average molecular weight is 448 g/mol. The quantitative estimate of drug-likeness (QED) is 0.488. The number of carbonyl (C=O) groups excluding carboxylic acids is 3. The molecule has 3 aliphatic heterocycles. The van der Waals surface area contributed by atoms with Crippen molar-refractivity contribution in [3.8, 4) is 0 Å². The Morgan fingerprint density at radius 1 is 1.38 bits per heavy atom. The number of thioether (sulfide) groups is 1. The smallest absolute Gasteiger partial charge is 0.245 e. The maximum Gasteiger partial charge on any atom is 0.245 e. The van der Waals surface area contributed by atoms with Crippen LogP contribution in [0, 0.1) is 0 Å². The van der Waals surface area contributed by atoms with Gasteiger partial charge in [0.1, 0.15) is 17.5 Å². The highest BCUT2D eigenvalue weighted by Crippen LogP contribution is 2.45. The number of nitrogens with zero attached hydrogens (tertiary/aromatic N) is 1. The molecule has 0 bridgehead atoms. The van der Waals surface area contributed by atoms with Crippen LogP contribution in [0.5, 0.6) is 0 Å². The van der Waals surface area contributed by atoms with E-state index in [1.165, 1.54) is 13.8 Å². The second-order valence-corrected chi connectivity index (χ2v) is 11.9. The van der Waals surface area contributed by atoms with Gasteiger partial charge in [0.05, 0.1) is 17.3 Å². The summed E-state index contributed by atoms with van der Waals surface area (Å²) in [6, 6.07) is -1.94. The molecule has 29 heavy (non-hydrogen) atoms. The minimum atomic E-state index is -3.66. The van der Waals surface area contributed by atoms with Crippen molar-refractivity contribution in [2.45, 2.75) is 67.8 Å². The van der Waals surface area contributed by atoms with Crippen LogP contribution < -0.4 is 10.6 Å². The second kappa shape index (κ2) is 8.43. The molecule has 11 heteroatoms. The SMILES string of the molecule is CSCCC(NC(=O)C1N2C(=O)CC2S(=O)(=O)C1(C)C)C(=O)NCC1CCCO1. The Bertz CT molecular complexity index is 778. The third-order valence-electron chi connectivity index (χ3n) is 6.00. The van der Waals surface area contributed by atoms with Crippen molar-refractivity contribution >= 4 is 39.3 Å². The molecule has 3 aliphatic rings. The first-order valence-electron chi connectivity index (χ1n) is 9.84. The molecule has 3 rings (SSSR count). The molecule has 3 heterocycles. The van der Waals surface area contributed by atoms with Gasteiger partial charge in [-0.3, -0.25) is 14.4 Å². The van der Waals surface area contributed by atoms with E-state index < -0.39 is 37.9 Å². The van der Waals surface area contributed by atoms with Crippen LogP contribution in [0.2, 0.25) is 0 Å². The first-order valence-corrected chi connectivity index (χ1v) is 12.8. The van der Waals surface area contributed by atoms with Crippen LogP contribution in [-0.4, -0.2) is 84.5 Å². The van der Waals surface area contributed by atoms with Crippen molar-refractivity contribution < 1.29 is 27.5 Å². The number of hydrogen-bond acceptors (Lipinski definition) is 7. The third-order valence-corrected chi connectivity index (χ3v) is 9.44. The standard InChI is InChI=1S/C18H29N3O6S2/c1-18(2)15(21-13(22)9-14(21)29(18,25)26)17(24)20-12(6-8-28-3)16(23)19-10-11-5-4-7-27-11/h11-12,14-15H,4-10H2,1-3H3,(H,19,23)(H,20,24). The van der Waals surface area contributed by atoms with Gasteiger partial charge in [-0.05, 0) is 45.1 Å². The molecule has 3 fully saturated rings. The molecule has 4 atom stereocenters. The van der Waals surface area contributed by atoms with Crippen LogP contribution in [0.4, 0.5) is 0 Å². The number of fused-ring (bicyclic) bond motifs is 1. The van der Waals surface area contributed by atoms with Gasteiger partial charge >= 0.3 is 0 Å². The molecular weight excluding hydrogens is 418 g/mol. The van der Waals surface area contributed by atoms with E-state index in [1.807, 2.05) is 6.26 Å². The highest BCUT2D eigenvalue weighted by atomic mass is 32.2. The van der Waals surface area contributed by atoms with E-state index in [0.717, 1.165) is 17.7 Å². The van der Waals surface area contributed by atoms with Gasteiger partial charge in [-0.1, -0.05) is 0 Å². The average Bonchev–Trinajstić information content (AvgIpc) is 3.21. The van der Waals surface area contributed by atoms with Gasteiger partial charge < -0.3 is 20.3 Å². The molecule has 0 aromatic rings. The lowest BCUT2D eigenvalue weighted by atomic mass is 9.97. The largest absolute Gasteiger partial charge is 0.376 e. The number of amides is 3. The van der Waals surface area contributed by atoms with Crippen molar-refractivity contribution in [3.63, 3.8) is 0 Å². The molecule has 164 valence electrons. The topological polar surface area (TPSA) is 122 Å². The van der Waals surface area contributed by atoms with E-state index >= 15 is 0 Å². The molecule has 0 saturated carbocycles. The van der Waals surface area contributed by atoms with Crippen LogP contribution in [0.15, 0.2) is 0 Å². The van der Waals surface area contributed by atoms with Gasteiger partial charge in [-0.25, -0.2) is 8.42 Å². The number of hydrogen-bond donors (Lipinski definition) is 2. The lowest BCUT2D eigenvalue weighted by molar-refractivity contribution is -0.150. The van der Waals surface area contributed by atoms with Crippen LogP contribution in [0.25, 0.3) is 0 Å². The van der Waals surface area contributed by atoms with Gasteiger partial charge in [0.25, 0.3) is 0 Å². The summed E-state index contributed by atoms with van der Waals surface area (Å²) in [6.07, 6.45) is 4.04. The molecule has 0 aliphatic carbocycles. The highest BCUT2D eigenvalue weighted by molar-refractivity contribution is 7.98. The molecule has 3 amide bonds. The summed E-state index contributed by atoms with van der Waals surface area (Å²) < 4.78 is 29.5. The predicted octanol–water partition coefficient (Wildman–Crippen LogP) is -0.346. The van der Waals surface area contributed by atoms with Crippen LogP contribution in [0.3, 0.4) is 0 Å². The lowest BCUT2D eigenvalue weighted by Crippen LogP contribution is -2.61. The fraction of sp³-hybridized carbons (Fsp3) is 0.833. The summed E-state index contributed by atoms with van der Waals surface area (Å²) in [4.78, 5) is 38.9. The van der Waals surface area contributed by atoms with E-state index in [0.29, 0.717) is 25.3 Å². The molecule has 2 N–H and O–H groups in total. The van der Waals surface area contributed by atoms with Crippen LogP contribution >= 0.6 is 11.8 Å². The summed E-state index contributed by atoms with van der Waals surface area (Å²) in [6.45, 7) is 3.99. The fourth-order valence-electron chi connectivity index (χ4n) is 4.15. The molecule has 9 nitrogen and oxygen atoms in total. The lowest BCUT2D eigenvalue weighted by Gasteiger charge is -2.37. The van der Waals surface area contributed by atoms with Crippen LogP contribution in [-0.2, 0) is 29.0 Å². The number of β-lactam (4-membered cyclic amide) rings is 1. The van der Waals surface area contributed by atoms with E-state index in [-0.39, 0.29) is 24.3 Å². The zero-order chi connectivity index (χ0) is 21.4. The minimum Gasteiger partial charge on any atom is -0.376 e. The van der Waals surface area contributed by atoms with E-state index in [1.54, 1.807) is 11.8 Å². The number of sulfone groups is 1. The monoisotopic (exact) mass is 447 g/mol. The molecule has 0 radical (unpaired) electrons. The number of rotatable bonds is 8. The molecule has 4 unspecified atom stereocenters. The van der Waals surface area contributed by atoms with Gasteiger partial charge in [-0.15, -0.1) is 0 Å². The normalized spacial score (nSPS) is 30.4. The zero-order valence-electron chi connectivity index (χ0n) is 17.0. The zero-order valence-corrected chi connectivity index (χ0v) is 18.6. The maximum absolute atomic E-state index is 13.0. The Hall–Kier alpha value is -1.33. The Morgan fingerprint density at radius 3 is 2.69 bits per heavy atom. The Morgan fingerprint density at radius 2 is 2.10 bits per heavy atom. The second-order valence-electron chi connectivity index (χ2n) is 8.23. The van der Waals surface area contributed by atoms with E-state index in [2.05, 4.69) is 10.6 Å². The van der Waals surface area contributed by atoms with E-state index in [9.17, 15) is 22.8 Å². The van der Waals surface area contributed by atoms with Crippen LogP contribution in [0.1, 0.15) is 39.5 Å². The predicted molar refractivity (Wildman–Crippen MR) is 109 cm³/mol. The molecule has 3 saturated heterocycles. The summed E-state index contributed by atoms with van der Waals surface area (Å²) in [5, 5.41) is 4.58. The Labute approximate surface area is 175 Å². The minimum absolute atomic E-state index is 0.0192. The summed E-state index contributed by atoms with van der Waals surface area (Å²) >= 11 is 1.55. The Balaban J connectivity index is 1.70. The third kappa shape index (κ3) is 4.00. The molecular formula is C18H29N3O6S2. The number of carbonyl (C=O) groups is 3. The van der Waals surface area contributed by atoms with Crippen molar-refractivity contribution in [2.24, 2.45) is 0 Å². The van der Waals surface area contributed by atoms with Crippen molar-refractivity contribution in [1.29, 1.82) is 0 Å².